The highest BCUT2D eigenvalue weighted by Crippen LogP contribution is 2.28. The molecule has 0 aliphatic carbocycles. The van der Waals surface area contributed by atoms with Gasteiger partial charge in [-0.1, -0.05) is 0 Å². The summed E-state index contributed by atoms with van der Waals surface area (Å²) in [4.78, 5) is 35.2. The van der Waals surface area contributed by atoms with Gasteiger partial charge in [0.1, 0.15) is 0 Å². The van der Waals surface area contributed by atoms with Crippen LogP contribution in [0.2, 0.25) is 0 Å². The van der Waals surface area contributed by atoms with E-state index in [9.17, 15) is 14.4 Å². The van der Waals surface area contributed by atoms with Gasteiger partial charge in [0.25, 0.3) is 5.91 Å². The highest BCUT2D eigenvalue weighted by Gasteiger charge is 2.14. The summed E-state index contributed by atoms with van der Waals surface area (Å²) in [6, 6.07) is 10.7. The van der Waals surface area contributed by atoms with Crippen molar-refractivity contribution in [2.24, 2.45) is 5.73 Å². The number of anilines is 1. The van der Waals surface area contributed by atoms with Crippen molar-refractivity contribution in [2.45, 2.75) is 13.8 Å². The van der Waals surface area contributed by atoms with Gasteiger partial charge in [-0.25, -0.2) is 4.79 Å². The van der Waals surface area contributed by atoms with Crippen LogP contribution in [-0.2, 0) is 9.53 Å². The summed E-state index contributed by atoms with van der Waals surface area (Å²) in [6.45, 7) is 4.08. The molecule has 0 aromatic heterocycles. The number of ether oxygens (including phenoxy) is 3. The molecule has 28 heavy (non-hydrogen) atoms. The van der Waals surface area contributed by atoms with Crippen LogP contribution in [0.15, 0.2) is 42.5 Å². The first-order valence-electron chi connectivity index (χ1n) is 8.71. The van der Waals surface area contributed by atoms with Gasteiger partial charge in [-0.05, 0) is 56.3 Å². The molecular formula is C20H22N2O6. The first-order chi connectivity index (χ1) is 13.4. The minimum Gasteiger partial charge on any atom is -0.490 e. The van der Waals surface area contributed by atoms with E-state index in [1.807, 2.05) is 13.8 Å². The number of esters is 1. The standard InChI is InChI=1S/C20H22N2O6/c1-3-26-16-10-7-14(11-17(16)27-4-2)20(25)28-12-18(23)22-15-8-5-13(6-9-15)19(21)24/h5-11H,3-4,12H2,1-2H3,(H2,21,24)(H,22,23). The van der Waals surface area contributed by atoms with Gasteiger partial charge in [-0.3, -0.25) is 9.59 Å². The Bertz CT molecular complexity index is 848. The number of primary amides is 1. The van der Waals surface area contributed by atoms with Crippen molar-refractivity contribution in [1.29, 1.82) is 0 Å². The SMILES string of the molecule is CCOc1ccc(C(=O)OCC(=O)Nc2ccc(C(N)=O)cc2)cc1OCC. The van der Waals surface area contributed by atoms with E-state index in [0.29, 0.717) is 36.0 Å². The molecule has 8 heteroatoms. The fourth-order valence-corrected chi connectivity index (χ4v) is 2.31. The first kappa shape index (κ1) is 20.8. The molecule has 0 aliphatic rings. The maximum absolute atomic E-state index is 12.2. The summed E-state index contributed by atoms with van der Waals surface area (Å²) in [5.74, 6) is -0.788. The maximum Gasteiger partial charge on any atom is 0.338 e. The smallest absolute Gasteiger partial charge is 0.338 e. The Balaban J connectivity index is 1.94. The van der Waals surface area contributed by atoms with Crippen molar-refractivity contribution in [2.75, 3.05) is 25.1 Å². The number of hydrogen-bond acceptors (Lipinski definition) is 6. The highest BCUT2D eigenvalue weighted by molar-refractivity contribution is 5.97. The minimum absolute atomic E-state index is 0.241. The molecule has 0 spiro atoms. The minimum atomic E-state index is -0.664. The van der Waals surface area contributed by atoms with Crippen LogP contribution in [0.4, 0.5) is 5.69 Å². The molecule has 0 saturated heterocycles. The largest absolute Gasteiger partial charge is 0.490 e. The molecule has 0 unspecified atom stereocenters. The van der Waals surface area contributed by atoms with E-state index in [1.54, 1.807) is 6.07 Å². The van der Waals surface area contributed by atoms with E-state index in [2.05, 4.69) is 5.32 Å². The molecule has 0 radical (unpaired) electrons. The summed E-state index contributed by atoms with van der Waals surface area (Å²) >= 11 is 0. The molecule has 3 N–H and O–H groups in total. The summed E-state index contributed by atoms with van der Waals surface area (Å²) in [6.07, 6.45) is 0. The lowest BCUT2D eigenvalue weighted by Crippen LogP contribution is -2.21. The lowest BCUT2D eigenvalue weighted by atomic mass is 10.2. The summed E-state index contributed by atoms with van der Waals surface area (Å²) < 4.78 is 15.9. The number of nitrogens with one attached hydrogen (secondary N) is 1. The fourth-order valence-electron chi connectivity index (χ4n) is 2.31. The first-order valence-corrected chi connectivity index (χ1v) is 8.71. The number of amides is 2. The molecule has 8 nitrogen and oxygen atoms in total. The van der Waals surface area contributed by atoms with Gasteiger partial charge in [0.15, 0.2) is 18.1 Å². The lowest BCUT2D eigenvalue weighted by molar-refractivity contribution is -0.119. The predicted molar refractivity (Wildman–Crippen MR) is 103 cm³/mol. The second-order valence-corrected chi connectivity index (χ2v) is 5.59. The quantitative estimate of drug-likeness (QED) is 0.639. The van der Waals surface area contributed by atoms with Gasteiger partial charge in [-0.15, -0.1) is 0 Å². The Hall–Kier alpha value is -3.55. The molecular weight excluding hydrogens is 364 g/mol. The van der Waals surface area contributed by atoms with E-state index in [-0.39, 0.29) is 5.56 Å². The number of hydrogen-bond donors (Lipinski definition) is 2. The number of rotatable bonds is 9. The van der Waals surface area contributed by atoms with Crippen molar-refractivity contribution >= 4 is 23.5 Å². The molecule has 0 fully saturated rings. The van der Waals surface area contributed by atoms with Crippen LogP contribution in [0.5, 0.6) is 11.5 Å². The molecule has 2 rings (SSSR count). The third kappa shape index (κ3) is 5.73. The van der Waals surface area contributed by atoms with Crippen LogP contribution < -0.4 is 20.5 Å². The Labute approximate surface area is 162 Å². The molecule has 2 aromatic rings. The third-order valence-electron chi connectivity index (χ3n) is 3.57. The molecule has 0 atom stereocenters. The van der Waals surface area contributed by atoms with Crippen molar-refractivity contribution in [1.82, 2.24) is 0 Å². The third-order valence-corrected chi connectivity index (χ3v) is 3.57. The number of carbonyl (C=O) groups excluding carboxylic acids is 3. The lowest BCUT2D eigenvalue weighted by Gasteiger charge is -2.12. The van der Waals surface area contributed by atoms with E-state index >= 15 is 0 Å². The molecule has 2 amide bonds. The Kier molecular flexibility index (Phi) is 7.38. The van der Waals surface area contributed by atoms with Gasteiger partial charge in [0.05, 0.1) is 18.8 Å². The highest BCUT2D eigenvalue weighted by atomic mass is 16.5. The van der Waals surface area contributed by atoms with Crippen molar-refractivity contribution in [3.8, 4) is 11.5 Å². The average Bonchev–Trinajstić information content (AvgIpc) is 2.68. The summed E-state index contributed by atoms with van der Waals surface area (Å²) in [5, 5.41) is 2.56. The van der Waals surface area contributed by atoms with Crippen LogP contribution in [0.3, 0.4) is 0 Å². The zero-order valence-electron chi connectivity index (χ0n) is 15.7. The van der Waals surface area contributed by atoms with Crippen LogP contribution in [-0.4, -0.2) is 37.6 Å². The normalized spacial score (nSPS) is 10.1. The van der Waals surface area contributed by atoms with Crippen molar-refractivity contribution in [3.63, 3.8) is 0 Å². The van der Waals surface area contributed by atoms with Crippen LogP contribution >= 0.6 is 0 Å². The Morgan fingerprint density at radius 3 is 2.11 bits per heavy atom. The van der Waals surface area contributed by atoms with Crippen molar-refractivity contribution < 1.29 is 28.6 Å². The van der Waals surface area contributed by atoms with Crippen LogP contribution in [0, 0.1) is 0 Å². The van der Waals surface area contributed by atoms with Gasteiger partial charge >= 0.3 is 5.97 Å². The maximum atomic E-state index is 12.2. The van der Waals surface area contributed by atoms with Crippen LogP contribution in [0.1, 0.15) is 34.6 Å². The zero-order valence-corrected chi connectivity index (χ0v) is 15.7. The van der Waals surface area contributed by atoms with Gasteiger partial charge in [0, 0.05) is 11.3 Å². The summed E-state index contributed by atoms with van der Waals surface area (Å²) in [7, 11) is 0. The summed E-state index contributed by atoms with van der Waals surface area (Å²) in [5.41, 5.74) is 6.17. The topological polar surface area (TPSA) is 117 Å². The second kappa shape index (κ2) is 9.96. The number of nitrogens with two attached hydrogens (primary N) is 1. The molecule has 0 bridgehead atoms. The predicted octanol–water partition coefficient (Wildman–Crippen LogP) is 2.38. The van der Waals surface area contributed by atoms with Crippen LogP contribution in [0.25, 0.3) is 0 Å². The number of carbonyl (C=O) groups is 3. The average molecular weight is 386 g/mol. The van der Waals surface area contributed by atoms with E-state index < -0.39 is 24.4 Å². The molecule has 0 aliphatic heterocycles. The van der Waals surface area contributed by atoms with Gasteiger partial charge in [-0.2, -0.15) is 0 Å². The van der Waals surface area contributed by atoms with Gasteiger partial charge in [0.2, 0.25) is 5.91 Å². The second-order valence-electron chi connectivity index (χ2n) is 5.59. The zero-order chi connectivity index (χ0) is 20.5. The number of benzene rings is 2. The Morgan fingerprint density at radius 2 is 1.50 bits per heavy atom. The van der Waals surface area contributed by atoms with Crippen molar-refractivity contribution in [3.05, 3.63) is 53.6 Å². The molecule has 148 valence electrons. The Morgan fingerprint density at radius 1 is 0.893 bits per heavy atom. The monoisotopic (exact) mass is 386 g/mol. The van der Waals surface area contributed by atoms with E-state index in [1.165, 1.54) is 36.4 Å². The van der Waals surface area contributed by atoms with Gasteiger partial charge < -0.3 is 25.3 Å². The fraction of sp³-hybridized carbons (Fsp3) is 0.250. The molecule has 2 aromatic carbocycles. The molecule has 0 saturated carbocycles. The van der Waals surface area contributed by atoms with E-state index in [0.717, 1.165) is 0 Å². The molecule has 0 heterocycles. The van der Waals surface area contributed by atoms with E-state index in [4.69, 9.17) is 19.9 Å².